The molecule has 0 aliphatic heterocycles. The third-order valence-corrected chi connectivity index (χ3v) is 0. The van der Waals surface area contributed by atoms with Crippen molar-refractivity contribution in [2.24, 2.45) is 0 Å². The number of nitrogens with zero attached hydrogens (tertiary/aromatic N) is 1. The van der Waals surface area contributed by atoms with Crippen molar-refractivity contribution >= 4 is 20.8 Å². The molecule has 4 heavy (non-hydrogen) atoms. The van der Waals surface area contributed by atoms with Crippen LogP contribution in [-0.4, -0.2) is 20.8 Å². The summed E-state index contributed by atoms with van der Waals surface area (Å²) in [5.74, 6) is 0. The fraction of sp³-hybridized carbons (Fsp3) is 0. The summed E-state index contributed by atoms with van der Waals surface area (Å²) in [7, 11) is 2.11. The van der Waals surface area contributed by atoms with Gasteiger partial charge in [-0.1, -0.05) is 0 Å². The Morgan fingerprint density at radius 1 is 1.25 bits per heavy atom. The molecule has 0 radical (unpaired) electrons. The van der Waals surface area contributed by atoms with Crippen LogP contribution in [0.4, 0.5) is 0 Å². The van der Waals surface area contributed by atoms with Crippen molar-refractivity contribution in [3.05, 3.63) is 4.65 Å². The average molecular weight is 115 g/mol. The van der Waals surface area contributed by atoms with E-state index in [-0.39, 0.29) is 51.4 Å². The first-order valence-electron chi connectivity index (χ1n) is 0.894. The summed E-state index contributed by atoms with van der Waals surface area (Å²) in [6.45, 7) is 0. The number of hydrogen-bond acceptors (Lipinski definition) is 0. The van der Waals surface area contributed by atoms with Crippen molar-refractivity contribution in [2.45, 2.75) is 0 Å². The zero-order valence-electron chi connectivity index (χ0n) is 3.45. The zero-order chi connectivity index (χ0) is 2.71. The van der Waals surface area contributed by atoms with Gasteiger partial charge >= 0.3 is 51.4 Å². The van der Waals surface area contributed by atoms with Gasteiger partial charge in [0.1, 0.15) is 0 Å². The van der Waals surface area contributed by atoms with E-state index in [0.29, 0.717) is 0 Å². The molecule has 1 nitrogen and oxygen atoms in total. The van der Waals surface area contributed by atoms with Gasteiger partial charge in [-0.2, -0.15) is 0 Å². The van der Waals surface area contributed by atoms with Crippen molar-refractivity contribution in [1.82, 2.24) is 0 Å². The van der Waals surface area contributed by atoms with Crippen molar-refractivity contribution in [3.8, 4) is 0 Å². The van der Waals surface area contributed by atoms with E-state index in [4.69, 9.17) is 0 Å². The quantitative estimate of drug-likeness (QED) is 0.281. The monoisotopic (exact) mass is 115 g/mol. The van der Waals surface area contributed by atoms with Crippen LogP contribution < -0.4 is 51.4 Å². The largest absolute Gasteiger partial charge is 1.00 e. The molecular formula is H6KNSi2. The molecule has 0 aromatic carbocycles. The van der Waals surface area contributed by atoms with Crippen LogP contribution in [0, 0.1) is 0 Å². The summed E-state index contributed by atoms with van der Waals surface area (Å²) in [5.41, 5.74) is 0. The van der Waals surface area contributed by atoms with Gasteiger partial charge < -0.3 is 4.65 Å². The van der Waals surface area contributed by atoms with Crippen LogP contribution in [0.5, 0.6) is 0 Å². The molecule has 0 N–H and O–H groups in total. The predicted molar refractivity (Wildman–Crippen MR) is 23.2 cm³/mol. The van der Waals surface area contributed by atoms with Gasteiger partial charge in [0.25, 0.3) is 0 Å². The molecule has 0 amide bonds. The van der Waals surface area contributed by atoms with Gasteiger partial charge in [0.15, 0.2) is 0 Å². The second-order valence-electron chi connectivity index (χ2n) is 0.447. The third-order valence-electron chi connectivity index (χ3n) is 0. The fourth-order valence-electron chi connectivity index (χ4n) is 0. The normalized spacial score (nSPS) is 6.00. The molecule has 0 fully saturated rings. The zero-order valence-corrected chi connectivity index (χ0v) is 10.6. The Labute approximate surface area is 75.3 Å². The first-order valence-corrected chi connectivity index (χ1v) is 2.68. The third kappa shape index (κ3) is 8.98. The Balaban J connectivity index is 0. The molecule has 0 saturated carbocycles. The molecule has 20 valence electrons. The van der Waals surface area contributed by atoms with Crippen LogP contribution in [0.1, 0.15) is 0 Å². The van der Waals surface area contributed by atoms with Crippen LogP contribution in [0.3, 0.4) is 0 Å². The Kier molecular flexibility index (Phi) is 20.9. The van der Waals surface area contributed by atoms with Gasteiger partial charge in [-0.3, -0.25) is 0 Å². The summed E-state index contributed by atoms with van der Waals surface area (Å²) in [6.07, 6.45) is 0. The molecule has 0 unspecified atom stereocenters. The number of hydrogen-bond donors (Lipinski definition) is 0. The molecule has 0 bridgehead atoms. The standard InChI is InChI=1S/K.H6NSi2/c;2-1-3/h;2-3H3/q+1;-1. The van der Waals surface area contributed by atoms with Gasteiger partial charge in [0.05, 0.1) is 0 Å². The van der Waals surface area contributed by atoms with Crippen LogP contribution >= 0.6 is 0 Å². The van der Waals surface area contributed by atoms with E-state index in [1.54, 1.807) is 0 Å². The SMILES string of the molecule is [K+].[SiH3][N-][SiH3]. The molecule has 0 rings (SSSR count). The molecule has 0 aromatic rings. The van der Waals surface area contributed by atoms with Gasteiger partial charge in [0.2, 0.25) is 0 Å². The number of rotatable bonds is 0. The first kappa shape index (κ1) is 9.39. The van der Waals surface area contributed by atoms with E-state index in [0.717, 1.165) is 20.8 Å². The second-order valence-corrected chi connectivity index (χ2v) is 4.02. The summed E-state index contributed by atoms with van der Waals surface area (Å²) in [6, 6.07) is 0. The predicted octanol–water partition coefficient (Wildman–Crippen LogP) is -5.08. The minimum absolute atomic E-state index is 0. The molecule has 0 atom stereocenters. The topological polar surface area (TPSA) is 14.1 Å². The maximum atomic E-state index is 3.78. The Bertz CT molecular complexity index is 6.00. The van der Waals surface area contributed by atoms with Gasteiger partial charge in [-0.15, -0.1) is 20.8 Å². The molecule has 0 heterocycles. The van der Waals surface area contributed by atoms with E-state index in [2.05, 4.69) is 4.65 Å². The van der Waals surface area contributed by atoms with Crippen molar-refractivity contribution < 1.29 is 51.4 Å². The van der Waals surface area contributed by atoms with Crippen molar-refractivity contribution in [2.75, 3.05) is 0 Å². The molecule has 0 aromatic heterocycles. The van der Waals surface area contributed by atoms with Gasteiger partial charge in [0, 0.05) is 0 Å². The fourth-order valence-corrected chi connectivity index (χ4v) is 0. The van der Waals surface area contributed by atoms with Crippen LogP contribution in [0.15, 0.2) is 0 Å². The van der Waals surface area contributed by atoms with Crippen LogP contribution in [-0.2, 0) is 0 Å². The Morgan fingerprint density at radius 3 is 1.25 bits per heavy atom. The second kappa shape index (κ2) is 8.90. The van der Waals surface area contributed by atoms with E-state index in [1.807, 2.05) is 0 Å². The Morgan fingerprint density at radius 2 is 1.25 bits per heavy atom. The molecule has 0 aliphatic carbocycles. The summed E-state index contributed by atoms with van der Waals surface area (Å²) in [5, 5.41) is 0. The minimum atomic E-state index is 0. The van der Waals surface area contributed by atoms with Crippen molar-refractivity contribution in [3.63, 3.8) is 0 Å². The molecule has 4 heteroatoms. The molecular weight excluding hydrogens is 109 g/mol. The minimum Gasteiger partial charge on any atom is -0.682 e. The first-order chi connectivity index (χ1) is 1.41. The van der Waals surface area contributed by atoms with Crippen LogP contribution in [0.25, 0.3) is 4.65 Å². The molecule has 0 aliphatic rings. The molecule has 0 saturated heterocycles. The van der Waals surface area contributed by atoms with E-state index in [1.165, 1.54) is 0 Å². The van der Waals surface area contributed by atoms with Crippen molar-refractivity contribution in [1.29, 1.82) is 0 Å². The smallest absolute Gasteiger partial charge is 0.682 e. The van der Waals surface area contributed by atoms with Gasteiger partial charge in [-0.05, 0) is 0 Å². The Hall–Kier alpha value is 2.03. The van der Waals surface area contributed by atoms with E-state index < -0.39 is 0 Å². The summed E-state index contributed by atoms with van der Waals surface area (Å²) >= 11 is 0. The van der Waals surface area contributed by atoms with E-state index >= 15 is 0 Å². The summed E-state index contributed by atoms with van der Waals surface area (Å²) in [4.78, 5) is 0. The maximum Gasteiger partial charge on any atom is 1.00 e. The average Bonchev–Trinajstić information content (AvgIpc) is 0.918. The van der Waals surface area contributed by atoms with Gasteiger partial charge in [-0.25, -0.2) is 0 Å². The maximum absolute atomic E-state index is 3.78. The molecule has 0 spiro atoms. The summed E-state index contributed by atoms with van der Waals surface area (Å²) < 4.78 is 3.78. The van der Waals surface area contributed by atoms with E-state index in [9.17, 15) is 0 Å². The van der Waals surface area contributed by atoms with Crippen LogP contribution in [0.2, 0.25) is 0 Å².